The standard InChI is InChI=1S/C32H44N4O4/c1-23(2)36(22-27-19-33-18-26(27)21-34(4)31(37)16-25-10-7-6-8-11-25)32(38)40-28-12-13-29-24(3)20-35(30(29)17-28)14-9-15-39-5/h6-8,10-13,17,20,23,26-27,33H,9,14-16,18-19,21-22H2,1-5H3/t26-,27-/m0/s1. The van der Waals surface area contributed by atoms with E-state index in [2.05, 4.69) is 23.0 Å². The summed E-state index contributed by atoms with van der Waals surface area (Å²) in [6, 6.07) is 15.7. The molecule has 2 heterocycles. The number of rotatable bonds is 12. The number of hydrogen-bond acceptors (Lipinski definition) is 5. The third kappa shape index (κ3) is 7.43. The lowest BCUT2D eigenvalue weighted by molar-refractivity contribution is -0.129. The fraction of sp³-hybridized carbons (Fsp3) is 0.500. The molecular formula is C32H44N4O4. The summed E-state index contributed by atoms with van der Waals surface area (Å²) in [5, 5.41) is 4.63. The summed E-state index contributed by atoms with van der Waals surface area (Å²) in [4.78, 5) is 29.9. The molecule has 8 nitrogen and oxygen atoms in total. The monoisotopic (exact) mass is 548 g/mol. The zero-order valence-electron chi connectivity index (χ0n) is 24.6. The van der Waals surface area contributed by atoms with Crippen molar-refractivity contribution in [1.29, 1.82) is 0 Å². The molecule has 0 radical (unpaired) electrons. The molecule has 1 aliphatic heterocycles. The Morgan fingerprint density at radius 2 is 1.80 bits per heavy atom. The Morgan fingerprint density at radius 1 is 1.07 bits per heavy atom. The van der Waals surface area contributed by atoms with Crippen LogP contribution >= 0.6 is 0 Å². The minimum atomic E-state index is -0.345. The predicted molar refractivity (Wildman–Crippen MR) is 159 cm³/mol. The first-order valence-corrected chi connectivity index (χ1v) is 14.3. The van der Waals surface area contributed by atoms with Crippen molar-refractivity contribution < 1.29 is 19.1 Å². The Labute approximate surface area is 238 Å². The van der Waals surface area contributed by atoms with Crippen molar-refractivity contribution in [1.82, 2.24) is 19.7 Å². The van der Waals surface area contributed by atoms with Gasteiger partial charge in [-0.05, 0) is 62.3 Å². The van der Waals surface area contributed by atoms with Gasteiger partial charge in [0.2, 0.25) is 5.91 Å². The second-order valence-corrected chi connectivity index (χ2v) is 11.3. The van der Waals surface area contributed by atoms with Crippen molar-refractivity contribution >= 4 is 22.9 Å². The van der Waals surface area contributed by atoms with E-state index in [1.165, 1.54) is 5.56 Å². The molecule has 8 heteroatoms. The number of amides is 2. The molecule has 0 bridgehead atoms. The van der Waals surface area contributed by atoms with Crippen LogP contribution in [0.25, 0.3) is 10.9 Å². The number of ether oxygens (including phenoxy) is 2. The number of fused-ring (bicyclic) bond motifs is 1. The fourth-order valence-corrected chi connectivity index (χ4v) is 5.57. The van der Waals surface area contributed by atoms with Gasteiger partial charge in [0, 0.05) is 77.2 Å². The molecule has 40 heavy (non-hydrogen) atoms. The van der Waals surface area contributed by atoms with Crippen LogP contribution in [0.4, 0.5) is 4.79 Å². The molecule has 4 rings (SSSR count). The molecule has 1 fully saturated rings. The summed E-state index contributed by atoms with van der Waals surface area (Å²) in [5.74, 6) is 1.13. The van der Waals surface area contributed by atoms with E-state index in [0.717, 1.165) is 42.5 Å². The van der Waals surface area contributed by atoms with Crippen molar-refractivity contribution in [2.24, 2.45) is 11.8 Å². The van der Waals surface area contributed by atoms with Gasteiger partial charge in [0.05, 0.1) is 11.9 Å². The summed E-state index contributed by atoms with van der Waals surface area (Å²) in [6.07, 6.45) is 3.10. The zero-order chi connectivity index (χ0) is 28.6. The van der Waals surface area contributed by atoms with Gasteiger partial charge in [-0.15, -0.1) is 0 Å². The second kappa shape index (κ2) is 13.8. The number of nitrogens with one attached hydrogen (secondary N) is 1. The van der Waals surface area contributed by atoms with Crippen LogP contribution in [0.5, 0.6) is 5.75 Å². The SMILES string of the molecule is COCCCn1cc(C)c2ccc(OC(=O)N(C[C@@H]3CNC[C@H]3CN(C)C(=O)Cc3ccccc3)C(C)C)cc21. The highest BCUT2D eigenvalue weighted by molar-refractivity contribution is 5.86. The largest absolute Gasteiger partial charge is 0.415 e. The van der Waals surface area contributed by atoms with Gasteiger partial charge < -0.3 is 29.2 Å². The highest BCUT2D eigenvalue weighted by Crippen LogP contribution is 2.27. The smallest absolute Gasteiger partial charge is 0.410 e. The highest BCUT2D eigenvalue weighted by atomic mass is 16.6. The van der Waals surface area contributed by atoms with Crippen LogP contribution in [0.2, 0.25) is 0 Å². The minimum absolute atomic E-state index is 0.0185. The molecule has 216 valence electrons. The van der Waals surface area contributed by atoms with Gasteiger partial charge in [0.15, 0.2) is 0 Å². The predicted octanol–water partition coefficient (Wildman–Crippen LogP) is 4.73. The minimum Gasteiger partial charge on any atom is -0.410 e. The van der Waals surface area contributed by atoms with Crippen molar-refractivity contribution in [3.8, 4) is 5.75 Å². The van der Waals surface area contributed by atoms with E-state index in [-0.39, 0.29) is 29.9 Å². The van der Waals surface area contributed by atoms with Crippen LogP contribution in [0.3, 0.4) is 0 Å². The molecule has 1 aromatic heterocycles. The van der Waals surface area contributed by atoms with Crippen LogP contribution in [0.15, 0.2) is 54.7 Å². The molecule has 1 saturated heterocycles. The summed E-state index contributed by atoms with van der Waals surface area (Å²) < 4.78 is 13.3. The lowest BCUT2D eigenvalue weighted by Gasteiger charge is -2.32. The van der Waals surface area contributed by atoms with Gasteiger partial charge in [-0.2, -0.15) is 0 Å². The van der Waals surface area contributed by atoms with Gasteiger partial charge in [-0.1, -0.05) is 30.3 Å². The Kier molecular flexibility index (Phi) is 10.2. The highest BCUT2D eigenvalue weighted by Gasteiger charge is 2.33. The zero-order valence-corrected chi connectivity index (χ0v) is 24.6. The summed E-state index contributed by atoms with van der Waals surface area (Å²) in [7, 11) is 3.59. The van der Waals surface area contributed by atoms with E-state index in [4.69, 9.17) is 9.47 Å². The summed E-state index contributed by atoms with van der Waals surface area (Å²) in [5.41, 5.74) is 3.27. The second-order valence-electron chi connectivity index (χ2n) is 11.3. The maximum Gasteiger partial charge on any atom is 0.415 e. The third-order valence-electron chi connectivity index (χ3n) is 7.91. The number of carbonyl (C=O) groups excluding carboxylic acids is 2. The maximum atomic E-state index is 13.4. The number of likely N-dealkylation sites (N-methyl/N-ethyl adjacent to an activating group) is 1. The van der Waals surface area contributed by atoms with Crippen molar-refractivity contribution in [3.05, 3.63) is 65.9 Å². The number of carbonyl (C=O) groups is 2. The molecule has 3 aromatic rings. The number of aromatic nitrogens is 1. The molecule has 0 saturated carbocycles. The summed E-state index contributed by atoms with van der Waals surface area (Å²) in [6.45, 7) is 10.5. The van der Waals surface area contributed by atoms with Crippen LogP contribution in [0, 0.1) is 18.8 Å². The molecule has 2 amide bonds. The number of aryl methyl sites for hydroxylation is 2. The number of methoxy groups -OCH3 is 1. The normalized spacial score (nSPS) is 16.9. The Balaban J connectivity index is 1.39. The summed E-state index contributed by atoms with van der Waals surface area (Å²) >= 11 is 0. The van der Waals surface area contributed by atoms with Gasteiger partial charge in [0.25, 0.3) is 0 Å². The quantitative estimate of drug-likeness (QED) is 0.331. The maximum absolute atomic E-state index is 13.4. The van der Waals surface area contributed by atoms with Gasteiger partial charge in [-0.25, -0.2) is 4.79 Å². The van der Waals surface area contributed by atoms with Crippen LogP contribution in [-0.2, 0) is 22.5 Å². The van der Waals surface area contributed by atoms with Crippen LogP contribution < -0.4 is 10.1 Å². The third-order valence-corrected chi connectivity index (χ3v) is 7.91. The van der Waals surface area contributed by atoms with E-state index < -0.39 is 0 Å². The topological polar surface area (TPSA) is 76.0 Å². The lowest BCUT2D eigenvalue weighted by atomic mass is 9.94. The van der Waals surface area contributed by atoms with E-state index in [0.29, 0.717) is 31.9 Å². The average molecular weight is 549 g/mol. The Bertz CT molecular complexity index is 1270. The number of benzene rings is 2. The number of nitrogens with zero attached hydrogens (tertiary/aromatic N) is 3. The van der Waals surface area contributed by atoms with Crippen LogP contribution in [0.1, 0.15) is 31.4 Å². The van der Waals surface area contributed by atoms with Crippen molar-refractivity contribution in [2.75, 3.05) is 46.9 Å². The van der Waals surface area contributed by atoms with E-state index in [9.17, 15) is 9.59 Å². The molecule has 0 aliphatic carbocycles. The molecular weight excluding hydrogens is 504 g/mol. The average Bonchev–Trinajstić information content (AvgIpc) is 3.50. The van der Waals surface area contributed by atoms with Gasteiger partial charge >= 0.3 is 6.09 Å². The van der Waals surface area contributed by atoms with Crippen molar-refractivity contribution in [3.63, 3.8) is 0 Å². The Morgan fingerprint density at radius 3 is 2.50 bits per heavy atom. The van der Waals surface area contributed by atoms with Gasteiger partial charge in [0.1, 0.15) is 5.75 Å². The molecule has 1 N–H and O–H groups in total. The van der Waals surface area contributed by atoms with E-state index >= 15 is 0 Å². The molecule has 0 unspecified atom stereocenters. The molecule has 0 spiro atoms. The van der Waals surface area contributed by atoms with E-state index in [1.807, 2.05) is 79.2 Å². The molecule has 2 atom stereocenters. The first-order valence-electron chi connectivity index (χ1n) is 14.3. The first kappa shape index (κ1) is 29.6. The molecule has 2 aromatic carbocycles. The molecule has 1 aliphatic rings. The number of hydrogen-bond donors (Lipinski definition) is 1. The first-order chi connectivity index (χ1) is 19.3. The lowest BCUT2D eigenvalue weighted by Crippen LogP contribution is -2.45. The van der Waals surface area contributed by atoms with E-state index in [1.54, 1.807) is 7.11 Å². The Hall–Kier alpha value is -3.36. The van der Waals surface area contributed by atoms with Gasteiger partial charge in [-0.3, -0.25) is 4.79 Å². The fourth-order valence-electron chi connectivity index (χ4n) is 5.57. The van der Waals surface area contributed by atoms with Crippen molar-refractivity contribution in [2.45, 2.75) is 46.2 Å². The van der Waals surface area contributed by atoms with Crippen LogP contribution in [-0.4, -0.2) is 79.4 Å².